The van der Waals surface area contributed by atoms with Crippen molar-refractivity contribution < 1.29 is 33.1 Å². The monoisotopic (exact) mass is 463 g/mol. The number of nitrogens with zero attached hydrogens (tertiary/aromatic N) is 2. The Labute approximate surface area is 194 Å². The van der Waals surface area contributed by atoms with Gasteiger partial charge in [-0.3, -0.25) is 14.6 Å². The SMILES string of the molecule is O=C1C(=O)N(CCC[n+]2cc[nH]c2)C(c2ccc(F)cc2)C1=C([O-])c1ccc2c(c1)OCCO2. The summed E-state index contributed by atoms with van der Waals surface area (Å²) in [6.07, 6.45) is 5.99. The topological polar surface area (TPSA) is 98.6 Å². The molecule has 1 amide bonds. The van der Waals surface area contributed by atoms with E-state index in [0.29, 0.717) is 43.2 Å². The van der Waals surface area contributed by atoms with Crippen molar-refractivity contribution >= 4 is 17.4 Å². The number of aromatic nitrogens is 2. The Morgan fingerprint density at radius 3 is 2.62 bits per heavy atom. The zero-order valence-corrected chi connectivity index (χ0v) is 18.2. The molecule has 1 saturated heterocycles. The number of ether oxygens (including phenoxy) is 2. The summed E-state index contributed by atoms with van der Waals surface area (Å²) in [5.41, 5.74) is 0.565. The highest BCUT2D eigenvalue weighted by molar-refractivity contribution is 6.46. The molecular formula is C25H22FN3O5. The molecular weight excluding hydrogens is 441 g/mol. The maximum atomic E-state index is 13.6. The molecule has 174 valence electrons. The van der Waals surface area contributed by atoms with Crippen LogP contribution in [0.15, 0.2) is 66.8 Å². The van der Waals surface area contributed by atoms with Crippen LogP contribution in [-0.2, 0) is 16.1 Å². The Morgan fingerprint density at radius 1 is 1.12 bits per heavy atom. The van der Waals surface area contributed by atoms with Crippen LogP contribution in [0.4, 0.5) is 4.39 Å². The van der Waals surface area contributed by atoms with Crippen molar-refractivity contribution in [1.82, 2.24) is 9.88 Å². The van der Waals surface area contributed by atoms with Crippen LogP contribution in [0.5, 0.6) is 11.5 Å². The third-order valence-electron chi connectivity index (χ3n) is 5.94. The minimum absolute atomic E-state index is 0.150. The average Bonchev–Trinajstić information content (AvgIpc) is 3.46. The molecule has 3 aromatic rings. The molecule has 3 heterocycles. The number of H-pyrrole nitrogens is 1. The van der Waals surface area contributed by atoms with E-state index in [4.69, 9.17) is 9.47 Å². The average molecular weight is 463 g/mol. The molecule has 5 rings (SSSR count). The second-order valence-electron chi connectivity index (χ2n) is 8.09. The minimum atomic E-state index is -0.905. The number of benzene rings is 2. The van der Waals surface area contributed by atoms with E-state index in [9.17, 15) is 19.1 Å². The number of hydrogen-bond donors (Lipinski definition) is 1. The van der Waals surface area contributed by atoms with Crippen molar-refractivity contribution in [3.05, 3.63) is 83.7 Å². The van der Waals surface area contributed by atoms with Gasteiger partial charge >= 0.3 is 0 Å². The van der Waals surface area contributed by atoms with Gasteiger partial charge < -0.3 is 19.5 Å². The summed E-state index contributed by atoms with van der Waals surface area (Å²) in [4.78, 5) is 30.4. The number of nitrogens with one attached hydrogen (secondary N) is 1. The number of hydrogen-bond acceptors (Lipinski definition) is 5. The fourth-order valence-electron chi connectivity index (χ4n) is 4.32. The zero-order valence-electron chi connectivity index (χ0n) is 18.2. The summed E-state index contributed by atoms with van der Waals surface area (Å²) in [6.45, 7) is 1.63. The Balaban J connectivity index is 1.53. The van der Waals surface area contributed by atoms with Gasteiger partial charge in [-0.05, 0) is 35.4 Å². The van der Waals surface area contributed by atoms with Crippen LogP contribution in [0.1, 0.15) is 23.6 Å². The number of carbonyl (C=O) groups excluding carboxylic acids is 2. The van der Waals surface area contributed by atoms with Gasteiger partial charge in [0.15, 0.2) is 11.5 Å². The molecule has 1 N–H and O–H groups in total. The smallest absolute Gasteiger partial charge is 0.295 e. The number of fused-ring (bicyclic) bond motifs is 1. The molecule has 1 atom stereocenters. The molecule has 1 unspecified atom stereocenters. The Bertz CT molecular complexity index is 1250. The zero-order chi connectivity index (χ0) is 23.7. The number of ketones is 1. The van der Waals surface area contributed by atoms with E-state index in [1.54, 1.807) is 24.7 Å². The number of aryl methyl sites for hydroxylation is 1. The minimum Gasteiger partial charge on any atom is -0.872 e. The van der Waals surface area contributed by atoms with E-state index in [0.717, 1.165) is 0 Å². The second-order valence-corrected chi connectivity index (χ2v) is 8.09. The number of imidazole rings is 1. The first-order valence-corrected chi connectivity index (χ1v) is 11.0. The van der Waals surface area contributed by atoms with Gasteiger partial charge in [-0.15, -0.1) is 0 Å². The predicted molar refractivity (Wildman–Crippen MR) is 116 cm³/mol. The molecule has 2 aromatic carbocycles. The van der Waals surface area contributed by atoms with Crippen LogP contribution >= 0.6 is 0 Å². The number of Topliss-reactive ketones (excluding diaryl/α,β-unsaturated/α-hetero) is 1. The summed E-state index contributed by atoms with van der Waals surface area (Å²) in [6, 6.07) is 9.28. The van der Waals surface area contributed by atoms with Crippen LogP contribution in [-0.4, -0.2) is 41.3 Å². The van der Waals surface area contributed by atoms with Crippen molar-refractivity contribution in [2.75, 3.05) is 19.8 Å². The summed E-state index contributed by atoms with van der Waals surface area (Å²) in [5, 5.41) is 13.5. The lowest BCUT2D eigenvalue weighted by atomic mass is 9.95. The Kier molecular flexibility index (Phi) is 5.75. The maximum Gasteiger partial charge on any atom is 0.295 e. The number of likely N-dealkylation sites (tertiary alicyclic amines) is 1. The van der Waals surface area contributed by atoms with Crippen LogP contribution in [0.2, 0.25) is 0 Å². The highest BCUT2D eigenvalue weighted by Crippen LogP contribution is 2.40. The first kappa shape index (κ1) is 21.7. The number of carbonyl (C=O) groups is 2. The fraction of sp³-hybridized carbons (Fsp3) is 0.240. The molecule has 2 aliphatic rings. The highest BCUT2D eigenvalue weighted by Gasteiger charge is 2.44. The fourth-order valence-corrected chi connectivity index (χ4v) is 4.32. The van der Waals surface area contributed by atoms with E-state index in [2.05, 4.69) is 4.98 Å². The predicted octanol–water partition coefficient (Wildman–Crippen LogP) is 1.53. The van der Waals surface area contributed by atoms with Gasteiger partial charge in [-0.2, -0.15) is 0 Å². The largest absolute Gasteiger partial charge is 0.872 e. The quantitative estimate of drug-likeness (QED) is 0.259. The molecule has 0 saturated carbocycles. The summed E-state index contributed by atoms with van der Waals surface area (Å²) in [7, 11) is 0. The van der Waals surface area contributed by atoms with Gasteiger partial charge in [0, 0.05) is 18.5 Å². The first-order valence-electron chi connectivity index (χ1n) is 11.0. The second kappa shape index (κ2) is 9.01. The van der Waals surface area contributed by atoms with Gasteiger partial charge in [0.2, 0.25) is 12.1 Å². The molecule has 0 bridgehead atoms. The molecule has 1 aromatic heterocycles. The molecule has 0 radical (unpaired) electrons. The molecule has 34 heavy (non-hydrogen) atoms. The van der Waals surface area contributed by atoms with Crippen molar-refractivity contribution in [3.8, 4) is 11.5 Å². The van der Waals surface area contributed by atoms with Gasteiger partial charge in [-0.1, -0.05) is 24.0 Å². The number of amides is 1. The van der Waals surface area contributed by atoms with Crippen molar-refractivity contribution in [2.45, 2.75) is 19.0 Å². The molecule has 1 fully saturated rings. The van der Waals surface area contributed by atoms with E-state index < -0.39 is 29.3 Å². The maximum absolute atomic E-state index is 13.6. The normalized spacial score (nSPS) is 19.0. The van der Waals surface area contributed by atoms with Crippen molar-refractivity contribution in [3.63, 3.8) is 0 Å². The molecule has 2 aliphatic heterocycles. The van der Waals surface area contributed by atoms with Gasteiger partial charge in [-0.25, -0.2) is 8.96 Å². The lowest BCUT2D eigenvalue weighted by Gasteiger charge is -2.28. The summed E-state index contributed by atoms with van der Waals surface area (Å²) < 4.78 is 26.6. The first-order chi connectivity index (χ1) is 16.5. The Hall–Kier alpha value is -4.14. The van der Waals surface area contributed by atoms with Crippen molar-refractivity contribution in [2.24, 2.45) is 0 Å². The summed E-state index contributed by atoms with van der Waals surface area (Å²) >= 11 is 0. The van der Waals surface area contributed by atoms with Gasteiger partial charge in [0.1, 0.15) is 31.4 Å². The number of aromatic amines is 1. The standard InChI is InChI=1S/C25H22FN3O5/c26-18-5-2-16(3-6-18)22-21(23(30)17-4-7-19-20(14-17)34-13-12-33-19)24(31)25(32)29(22)10-1-9-28-11-8-27-15-28/h2-8,11,14-15,22H,1,9-10,12-13H2,(H,30,31). The lowest BCUT2D eigenvalue weighted by molar-refractivity contribution is -0.695. The van der Waals surface area contributed by atoms with E-state index in [-0.39, 0.29) is 17.7 Å². The van der Waals surface area contributed by atoms with E-state index >= 15 is 0 Å². The van der Waals surface area contributed by atoms with Crippen LogP contribution in [0, 0.1) is 5.82 Å². The van der Waals surface area contributed by atoms with Crippen molar-refractivity contribution in [1.29, 1.82) is 0 Å². The van der Waals surface area contributed by atoms with Crippen LogP contribution in [0.3, 0.4) is 0 Å². The number of halogens is 1. The Morgan fingerprint density at radius 2 is 1.88 bits per heavy atom. The third kappa shape index (κ3) is 4.00. The van der Waals surface area contributed by atoms with Gasteiger partial charge in [0.05, 0.1) is 12.6 Å². The lowest BCUT2D eigenvalue weighted by Crippen LogP contribution is -2.36. The van der Waals surface area contributed by atoms with Crippen LogP contribution in [0.25, 0.3) is 5.76 Å². The molecule has 8 nitrogen and oxygen atoms in total. The number of rotatable bonds is 6. The summed E-state index contributed by atoms with van der Waals surface area (Å²) in [5.74, 6) is -1.67. The molecule has 9 heteroatoms. The van der Waals surface area contributed by atoms with E-state index in [1.807, 2.05) is 10.8 Å². The molecule has 0 aliphatic carbocycles. The van der Waals surface area contributed by atoms with Crippen LogP contribution < -0.4 is 19.1 Å². The van der Waals surface area contributed by atoms with Gasteiger partial charge in [0.25, 0.3) is 5.91 Å². The third-order valence-corrected chi connectivity index (χ3v) is 5.94. The van der Waals surface area contributed by atoms with E-state index in [1.165, 1.54) is 35.2 Å². The highest BCUT2D eigenvalue weighted by atomic mass is 19.1. The molecule has 0 spiro atoms.